The van der Waals surface area contributed by atoms with E-state index in [4.69, 9.17) is 4.74 Å². The highest BCUT2D eigenvalue weighted by atomic mass is 32.2. The van der Waals surface area contributed by atoms with Crippen molar-refractivity contribution in [3.63, 3.8) is 0 Å². The normalized spacial score (nSPS) is 23.4. The summed E-state index contributed by atoms with van der Waals surface area (Å²) in [5.74, 6) is 0.130. The number of para-hydroxylation sites is 1. The van der Waals surface area contributed by atoms with Crippen LogP contribution in [0.5, 0.6) is 5.75 Å². The van der Waals surface area contributed by atoms with E-state index in [1.165, 1.54) is 18.7 Å². The molecule has 0 aromatic heterocycles. The maximum absolute atomic E-state index is 12.4. The van der Waals surface area contributed by atoms with Gasteiger partial charge in [0.25, 0.3) is 5.91 Å². The van der Waals surface area contributed by atoms with Gasteiger partial charge in [0, 0.05) is 16.5 Å². The summed E-state index contributed by atoms with van der Waals surface area (Å²) in [7, 11) is -3.15. The van der Waals surface area contributed by atoms with E-state index in [2.05, 4.69) is 4.99 Å². The smallest absolute Gasteiger partial charge is 0.285 e. The second kappa shape index (κ2) is 8.23. The maximum Gasteiger partial charge on any atom is 0.285 e. The van der Waals surface area contributed by atoms with Crippen LogP contribution in [0.1, 0.15) is 17.3 Å². The van der Waals surface area contributed by atoms with Gasteiger partial charge in [-0.1, -0.05) is 30.0 Å². The van der Waals surface area contributed by atoms with E-state index in [1.54, 1.807) is 41.3 Å². The number of amidine groups is 1. The second-order valence-electron chi connectivity index (χ2n) is 7.16. The number of hydrogen-bond acceptors (Lipinski definition) is 6. The van der Waals surface area contributed by atoms with Gasteiger partial charge in [-0.25, -0.2) is 8.42 Å². The standard InChI is InChI=1S/C21H20N2O5S2/c1-14(24)15-7-9-16(10-8-15)23-18-12-30(26,27)13-19(18)29-21(23)22-20(25)11-28-17-5-3-2-4-6-17/h2-10,18-19H,11-13H2,1H3/t18-,19+/m0/s1. The molecule has 0 N–H and O–H groups in total. The third-order valence-electron chi connectivity index (χ3n) is 4.94. The van der Waals surface area contributed by atoms with Crippen molar-refractivity contribution in [2.75, 3.05) is 23.0 Å². The number of anilines is 1. The minimum atomic E-state index is -3.15. The molecule has 30 heavy (non-hydrogen) atoms. The Kier molecular flexibility index (Phi) is 5.66. The molecule has 2 aromatic carbocycles. The average Bonchev–Trinajstić information content (AvgIpc) is 3.18. The Morgan fingerprint density at radius 3 is 2.47 bits per heavy atom. The molecule has 0 unspecified atom stereocenters. The van der Waals surface area contributed by atoms with Gasteiger partial charge < -0.3 is 9.64 Å². The molecule has 0 saturated carbocycles. The lowest BCUT2D eigenvalue weighted by Crippen LogP contribution is -2.37. The van der Waals surface area contributed by atoms with Gasteiger partial charge in [-0.3, -0.25) is 9.59 Å². The Hall–Kier alpha value is -2.65. The lowest BCUT2D eigenvalue weighted by molar-refractivity contribution is -0.119. The summed E-state index contributed by atoms with van der Waals surface area (Å²) in [5.41, 5.74) is 1.26. The Bertz CT molecular complexity index is 1100. The molecular formula is C21H20N2O5S2. The quantitative estimate of drug-likeness (QED) is 0.655. The molecule has 2 aliphatic rings. The van der Waals surface area contributed by atoms with E-state index >= 15 is 0 Å². The van der Waals surface area contributed by atoms with Crippen molar-refractivity contribution < 1.29 is 22.7 Å². The number of ether oxygens (including phenoxy) is 1. The average molecular weight is 445 g/mol. The van der Waals surface area contributed by atoms with Crippen molar-refractivity contribution in [2.24, 2.45) is 4.99 Å². The summed E-state index contributed by atoms with van der Waals surface area (Å²) in [5, 5.41) is 0.265. The maximum atomic E-state index is 12.4. The molecule has 2 aromatic rings. The first-order chi connectivity index (χ1) is 14.3. The van der Waals surface area contributed by atoms with Crippen molar-refractivity contribution in [1.29, 1.82) is 0 Å². The van der Waals surface area contributed by atoms with E-state index in [9.17, 15) is 18.0 Å². The van der Waals surface area contributed by atoms with Crippen LogP contribution in [-0.2, 0) is 14.6 Å². The molecule has 2 fully saturated rings. The first-order valence-electron chi connectivity index (χ1n) is 9.39. The van der Waals surface area contributed by atoms with Crippen LogP contribution in [0.3, 0.4) is 0 Å². The van der Waals surface area contributed by atoms with Crippen LogP contribution in [0.25, 0.3) is 0 Å². The molecule has 2 saturated heterocycles. The third kappa shape index (κ3) is 4.41. The van der Waals surface area contributed by atoms with Crippen LogP contribution >= 0.6 is 11.8 Å². The Balaban J connectivity index is 1.58. The summed E-state index contributed by atoms with van der Waals surface area (Å²) >= 11 is 1.30. The predicted octanol–water partition coefficient (Wildman–Crippen LogP) is 2.57. The molecule has 4 rings (SSSR count). The van der Waals surface area contributed by atoms with Crippen molar-refractivity contribution in [1.82, 2.24) is 0 Å². The lowest BCUT2D eigenvalue weighted by Gasteiger charge is -2.24. The van der Waals surface area contributed by atoms with Crippen molar-refractivity contribution in [2.45, 2.75) is 18.2 Å². The van der Waals surface area contributed by atoms with Crippen LogP contribution in [-0.4, -0.2) is 54.7 Å². The summed E-state index contributed by atoms with van der Waals surface area (Å²) in [6, 6.07) is 15.6. The van der Waals surface area contributed by atoms with E-state index in [-0.39, 0.29) is 35.2 Å². The molecule has 2 aliphatic heterocycles. The summed E-state index contributed by atoms with van der Waals surface area (Å²) in [6.07, 6.45) is 0. The fourth-order valence-corrected chi connectivity index (χ4v) is 7.46. The highest BCUT2D eigenvalue weighted by Gasteiger charge is 2.49. The van der Waals surface area contributed by atoms with Gasteiger partial charge in [0.2, 0.25) is 0 Å². The first kappa shape index (κ1) is 20.6. The van der Waals surface area contributed by atoms with Crippen LogP contribution in [0.15, 0.2) is 59.6 Å². The number of benzene rings is 2. The van der Waals surface area contributed by atoms with Gasteiger partial charge in [-0.05, 0) is 43.3 Å². The zero-order chi connectivity index (χ0) is 21.3. The molecule has 0 bridgehead atoms. The van der Waals surface area contributed by atoms with Crippen molar-refractivity contribution >= 4 is 44.1 Å². The number of Topliss-reactive ketones (excluding diaryl/α,β-unsaturated/α-hetero) is 1. The molecule has 156 valence electrons. The number of hydrogen-bond donors (Lipinski definition) is 0. The largest absolute Gasteiger partial charge is 0.484 e. The monoisotopic (exact) mass is 444 g/mol. The van der Waals surface area contributed by atoms with Crippen LogP contribution in [0.2, 0.25) is 0 Å². The molecule has 2 heterocycles. The number of thioether (sulfide) groups is 1. The Labute approximate surface area is 179 Å². The van der Waals surface area contributed by atoms with Gasteiger partial charge in [0.05, 0.1) is 17.5 Å². The van der Waals surface area contributed by atoms with E-state index in [0.29, 0.717) is 22.2 Å². The molecule has 0 aliphatic carbocycles. The summed E-state index contributed by atoms with van der Waals surface area (Å²) < 4.78 is 29.8. The number of rotatable bonds is 5. The Morgan fingerprint density at radius 2 is 1.80 bits per heavy atom. The predicted molar refractivity (Wildman–Crippen MR) is 117 cm³/mol. The Morgan fingerprint density at radius 1 is 1.10 bits per heavy atom. The molecule has 2 atom stereocenters. The second-order valence-corrected chi connectivity index (χ2v) is 10.5. The molecule has 7 nitrogen and oxygen atoms in total. The number of nitrogens with zero attached hydrogens (tertiary/aromatic N) is 2. The third-order valence-corrected chi connectivity index (χ3v) is 8.15. The van der Waals surface area contributed by atoms with Gasteiger partial charge >= 0.3 is 0 Å². The number of carbonyl (C=O) groups is 2. The minimum absolute atomic E-state index is 0.00680. The van der Waals surface area contributed by atoms with Crippen molar-refractivity contribution in [3.8, 4) is 5.75 Å². The number of sulfone groups is 1. The zero-order valence-corrected chi connectivity index (χ0v) is 17.9. The van der Waals surface area contributed by atoms with Crippen LogP contribution < -0.4 is 9.64 Å². The van der Waals surface area contributed by atoms with Crippen LogP contribution in [0, 0.1) is 0 Å². The number of amides is 1. The zero-order valence-electron chi connectivity index (χ0n) is 16.2. The van der Waals surface area contributed by atoms with E-state index in [0.717, 1.165) is 0 Å². The number of ketones is 1. The molecule has 1 amide bonds. The minimum Gasteiger partial charge on any atom is -0.484 e. The number of fused-ring (bicyclic) bond motifs is 1. The van der Waals surface area contributed by atoms with Crippen LogP contribution in [0.4, 0.5) is 5.69 Å². The van der Waals surface area contributed by atoms with Gasteiger partial charge in [-0.15, -0.1) is 0 Å². The highest BCUT2D eigenvalue weighted by Crippen LogP contribution is 2.41. The molecule has 0 spiro atoms. The SMILES string of the molecule is CC(=O)c1ccc(N2C(=NC(=O)COc3ccccc3)S[C@@H]3CS(=O)(=O)C[C@@H]32)cc1. The molecular weight excluding hydrogens is 424 g/mol. The molecule has 9 heteroatoms. The fourth-order valence-electron chi connectivity index (χ4n) is 3.52. The van der Waals surface area contributed by atoms with E-state index < -0.39 is 15.7 Å². The van der Waals surface area contributed by atoms with Gasteiger partial charge in [-0.2, -0.15) is 4.99 Å². The van der Waals surface area contributed by atoms with Crippen molar-refractivity contribution in [3.05, 3.63) is 60.2 Å². The fraction of sp³-hybridized carbons (Fsp3) is 0.286. The summed E-state index contributed by atoms with van der Waals surface area (Å²) in [4.78, 5) is 30.0. The highest BCUT2D eigenvalue weighted by molar-refractivity contribution is 8.16. The number of aliphatic imine (C=N–C) groups is 1. The van der Waals surface area contributed by atoms with E-state index in [1.807, 2.05) is 18.2 Å². The first-order valence-corrected chi connectivity index (χ1v) is 12.1. The molecule has 0 radical (unpaired) electrons. The number of carbonyl (C=O) groups excluding carboxylic acids is 2. The lowest BCUT2D eigenvalue weighted by atomic mass is 10.1. The topological polar surface area (TPSA) is 93.1 Å². The van der Waals surface area contributed by atoms with Gasteiger partial charge in [0.15, 0.2) is 27.4 Å². The van der Waals surface area contributed by atoms with Gasteiger partial charge in [0.1, 0.15) is 5.75 Å². The summed E-state index contributed by atoms with van der Waals surface area (Å²) in [6.45, 7) is 1.28.